The van der Waals surface area contributed by atoms with Crippen LogP contribution in [-0.4, -0.2) is 81.1 Å². The van der Waals surface area contributed by atoms with E-state index in [4.69, 9.17) is 19.6 Å². The molecule has 0 radical (unpaired) electrons. The summed E-state index contributed by atoms with van der Waals surface area (Å²) in [5.74, 6) is -2.93. The monoisotopic (exact) mass is 604 g/mol. The molecule has 43 heavy (non-hydrogen) atoms. The summed E-state index contributed by atoms with van der Waals surface area (Å²) in [7, 11) is 1.49. The Morgan fingerprint density at radius 3 is 2.33 bits per heavy atom. The molecule has 10 nitrogen and oxygen atoms in total. The van der Waals surface area contributed by atoms with Crippen molar-refractivity contribution in [3.63, 3.8) is 0 Å². The first-order valence-corrected chi connectivity index (χ1v) is 13.8. The summed E-state index contributed by atoms with van der Waals surface area (Å²) < 4.78 is 55.8. The van der Waals surface area contributed by atoms with Crippen LogP contribution in [0.2, 0.25) is 0 Å². The highest BCUT2D eigenvalue weighted by Gasteiger charge is 2.43. The van der Waals surface area contributed by atoms with Crippen molar-refractivity contribution in [1.29, 1.82) is 5.41 Å². The van der Waals surface area contributed by atoms with Gasteiger partial charge in [0.2, 0.25) is 0 Å². The molecule has 0 aromatic heterocycles. The minimum atomic E-state index is -5.21. The zero-order valence-electron chi connectivity index (χ0n) is 24.7. The van der Waals surface area contributed by atoms with Crippen LogP contribution in [0.3, 0.4) is 0 Å². The number of nitrogens with one attached hydrogen (secondary N) is 2. The third kappa shape index (κ3) is 6.76. The van der Waals surface area contributed by atoms with Crippen LogP contribution >= 0.6 is 0 Å². The Morgan fingerprint density at radius 2 is 1.74 bits per heavy atom. The number of esters is 1. The second-order valence-corrected chi connectivity index (χ2v) is 11.3. The van der Waals surface area contributed by atoms with Gasteiger partial charge in [0.1, 0.15) is 11.6 Å². The highest BCUT2D eigenvalue weighted by Crippen LogP contribution is 2.42. The summed E-state index contributed by atoms with van der Waals surface area (Å²) in [5, 5.41) is 11.3. The lowest BCUT2D eigenvalue weighted by atomic mass is 9.84. The van der Waals surface area contributed by atoms with E-state index in [9.17, 15) is 27.6 Å². The number of rotatable bonds is 8. The Morgan fingerprint density at radius 1 is 1.07 bits per heavy atom. The number of ketones is 1. The number of ether oxygens (including phenoxy) is 3. The van der Waals surface area contributed by atoms with E-state index in [1.807, 2.05) is 0 Å². The number of nitrogens with zero attached hydrogens (tertiary/aromatic N) is 2. The fourth-order valence-corrected chi connectivity index (χ4v) is 5.04. The van der Waals surface area contributed by atoms with Crippen molar-refractivity contribution in [1.82, 2.24) is 10.2 Å². The van der Waals surface area contributed by atoms with Gasteiger partial charge < -0.3 is 29.3 Å². The second kappa shape index (κ2) is 12.2. The number of amidine groups is 1. The van der Waals surface area contributed by atoms with Gasteiger partial charge in [-0.2, -0.15) is 13.2 Å². The lowest BCUT2D eigenvalue weighted by Gasteiger charge is -2.33. The number of hydrogen-bond acceptors (Lipinski definition) is 8. The molecule has 2 aliphatic heterocycles. The first-order valence-electron chi connectivity index (χ1n) is 13.8. The molecule has 1 amide bonds. The predicted molar refractivity (Wildman–Crippen MR) is 152 cm³/mol. The van der Waals surface area contributed by atoms with Gasteiger partial charge in [0, 0.05) is 43.4 Å². The molecule has 1 fully saturated rings. The van der Waals surface area contributed by atoms with Crippen LogP contribution in [0.5, 0.6) is 11.5 Å². The Balaban J connectivity index is 1.71. The molecule has 232 valence electrons. The van der Waals surface area contributed by atoms with Gasteiger partial charge in [0.05, 0.1) is 37.6 Å². The van der Waals surface area contributed by atoms with Crippen LogP contribution in [0, 0.1) is 5.41 Å². The average Bonchev–Trinajstić information content (AvgIpc) is 3.25. The summed E-state index contributed by atoms with van der Waals surface area (Å²) in [5.41, 5.74) is 1.32. The molecule has 2 aromatic carbocycles. The Hall–Kier alpha value is -4.13. The lowest BCUT2D eigenvalue weighted by molar-refractivity contribution is -0.189. The molecule has 1 saturated heterocycles. The Bertz CT molecular complexity index is 1440. The third-order valence-electron chi connectivity index (χ3n) is 7.22. The van der Waals surface area contributed by atoms with Crippen LogP contribution in [0.4, 0.5) is 18.9 Å². The van der Waals surface area contributed by atoms with E-state index in [0.717, 1.165) is 0 Å². The van der Waals surface area contributed by atoms with Crippen LogP contribution in [-0.2, 0) is 21.5 Å². The standard InChI is InChI=1S/C30H35F3N4O6/c1-6-42-24-13-18-15-37(26(34)19(18)14-20(24)27(39)35-5)16-23(38)17-11-21(29(2,3)4)25(43-28(40)30(31,32)33)22(12-17)36-7-9-41-10-8-36/h11-14,34H,6-10,15-16H2,1-5H3,(H,35,39). The minimum Gasteiger partial charge on any atom is -0.493 e. The van der Waals surface area contributed by atoms with Crippen molar-refractivity contribution in [2.75, 3.05) is 51.4 Å². The predicted octanol–water partition coefficient (Wildman–Crippen LogP) is 4.07. The molecule has 2 heterocycles. The quantitative estimate of drug-likeness (QED) is 0.263. The number of hydrogen-bond donors (Lipinski definition) is 2. The van der Waals surface area contributed by atoms with Gasteiger partial charge in [-0.3, -0.25) is 15.0 Å². The molecule has 0 unspecified atom stereocenters. The average molecular weight is 605 g/mol. The number of halogens is 3. The summed E-state index contributed by atoms with van der Waals surface area (Å²) in [6.07, 6.45) is -5.21. The number of alkyl halides is 3. The second-order valence-electron chi connectivity index (χ2n) is 11.3. The van der Waals surface area contributed by atoms with E-state index in [0.29, 0.717) is 49.8 Å². The molecule has 0 bridgehead atoms. The molecule has 0 atom stereocenters. The molecule has 2 aliphatic rings. The Kier molecular flexibility index (Phi) is 9.05. The maximum absolute atomic E-state index is 13.7. The fourth-order valence-electron chi connectivity index (χ4n) is 5.04. The van der Waals surface area contributed by atoms with E-state index in [1.54, 1.807) is 49.6 Å². The normalized spacial score (nSPS) is 15.3. The van der Waals surface area contributed by atoms with Gasteiger partial charge >= 0.3 is 12.1 Å². The molecular formula is C30H35F3N4O6. The SMILES string of the molecule is CCOc1cc2c(cc1C(=O)NC)C(=N)N(CC(=O)c1cc(N3CCOCC3)c(OC(=O)C(F)(F)F)c(C(C)(C)C)c1)C2. The number of anilines is 1. The van der Waals surface area contributed by atoms with Crippen LogP contribution in [0.25, 0.3) is 0 Å². The number of Topliss-reactive ketones (excluding diaryl/α,β-unsaturated/α-hetero) is 1. The van der Waals surface area contributed by atoms with Gasteiger partial charge in [-0.1, -0.05) is 20.8 Å². The van der Waals surface area contributed by atoms with Gasteiger partial charge in [-0.15, -0.1) is 0 Å². The topological polar surface area (TPSA) is 121 Å². The zero-order valence-corrected chi connectivity index (χ0v) is 24.7. The molecule has 0 aliphatic carbocycles. The van der Waals surface area contributed by atoms with Gasteiger partial charge in [-0.25, -0.2) is 4.79 Å². The number of carbonyl (C=O) groups is 3. The first-order chi connectivity index (χ1) is 20.1. The minimum absolute atomic E-state index is 0.0525. The van der Waals surface area contributed by atoms with Crippen molar-refractivity contribution in [2.45, 2.75) is 45.8 Å². The molecule has 4 rings (SSSR count). The van der Waals surface area contributed by atoms with E-state index >= 15 is 0 Å². The molecule has 0 spiro atoms. The number of morpholine rings is 1. The van der Waals surface area contributed by atoms with Crippen LogP contribution in [0.1, 0.15) is 65.1 Å². The first kappa shape index (κ1) is 31.8. The lowest BCUT2D eigenvalue weighted by Crippen LogP contribution is -2.38. The number of amides is 1. The van der Waals surface area contributed by atoms with Crippen molar-refractivity contribution < 1.29 is 41.8 Å². The number of carbonyl (C=O) groups excluding carboxylic acids is 3. The van der Waals surface area contributed by atoms with E-state index in [1.165, 1.54) is 19.2 Å². The van der Waals surface area contributed by atoms with Crippen molar-refractivity contribution in [3.8, 4) is 11.5 Å². The van der Waals surface area contributed by atoms with Gasteiger partial charge in [0.25, 0.3) is 5.91 Å². The largest absolute Gasteiger partial charge is 0.493 e. The molecule has 13 heteroatoms. The summed E-state index contributed by atoms with van der Waals surface area (Å²) >= 11 is 0. The van der Waals surface area contributed by atoms with Crippen molar-refractivity contribution >= 4 is 29.2 Å². The smallest absolute Gasteiger partial charge is 0.491 e. The number of benzene rings is 2. The van der Waals surface area contributed by atoms with Crippen LogP contribution < -0.4 is 19.7 Å². The van der Waals surface area contributed by atoms with E-state index in [2.05, 4.69) is 5.32 Å². The number of fused-ring (bicyclic) bond motifs is 1. The highest BCUT2D eigenvalue weighted by atomic mass is 19.4. The van der Waals surface area contributed by atoms with Gasteiger partial charge in [-0.05, 0) is 42.2 Å². The van der Waals surface area contributed by atoms with Crippen molar-refractivity contribution in [2.24, 2.45) is 0 Å². The maximum atomic E-state index is 13.7. The molecule has 2 N–H and O–H groups in total. The van der Waals surface area contributed by atoms with E-state index in [-0.39, 0.29) is 58.7 Å². The van der Waals surface area contributed by atoms with Gasteiger partial charge in [0.15, 0.2) is 11.5 Å². The third-order valence-corrected chi connectivity index (χ3v) is 7.22. The molecule has 2 aromatic rings. The summed E-state index contributed by atoms with van der Waals surface area (Å²) in [6.45, 7) is 8.63. The summed E-state index contributed by atoms with van der Waals surface area (Å²) in [6, 6.07) is 6.16. The van der Waals surface area contributed by atoms with Crippen LogP contribution in [0.15, 0.2) is 24.3 Å². The Labute approximate surface area is 247 Å². The zero-order chi connectivity index (χ0) is 31.7. The molecular weight excluding hydrogens is 569 g/mol. The summed E-state index contributed by atoms with van der Waals surface area (Å²) in [4.78, 5) is 41.4. The highest BCUT2D eigenvalue weighted by molar-refractivity contribution is 6.08. The van der Waals surface area contributed by atoms with E-state index < -0.39 is 17.6 Å². The maximum Gasteiger partial charge on any atom is 0.491 e. The molecule has 0 saturated carbocycles. The fraction of sp³-hybridized carbons (Fsp3) is 0.467. The van der Waals surface area contributed by atoms with Crippen molar-refractivity contribution in [3.05, 3.63) is 52.1 Å².